The van der Waals surface area contributed by atoms with Crippen LogP contribution in [-0.2, 0) is 4.43 Å². The quantitative estimate of drug-likeness (QED) is 0.282. The van der Waals surface area contributed by atoms with Gasteiger partial charge in [-0.1, -0.05) is 81.4 Å². The zero-order valence-electron chi connectivity index (χ0n) is 20.2. The Bertz CT molecular complexity index is 1270. The third kappa shape index (κ3) is 4.48. The van der Waals surface area contributed by atoms with Crippen molar-refractivity contribution in [3.05, 3.63) is 72.3 Å². The minimum atomic E-state index is -2.55. The minimum Gasteiger partial charge on any atom is -0.406 e. The van der Waals surface area contributed by atoms with Crippen molar-refractivity contribution < 1.29 is 4.43 Å². The molecule has 6 nitrogen and oxygen atoms in total. The third-order valence-electron chi connectivity index (χ3n) is 6.72. The van der Waals surface area contributed by atoms with Crippen molar-refractivity contribution in [2.45, 2.75) is 49.3 Å². The fourth-order valence-electron chi connectivity index (χ4n) is 5.11. The number of halogens is 1. The monoisotopic (exact) mass is 523 g/mol. The summed E-state index contributed by atoms with van der Waals surface area (Å²) in [5.41, 5.74) is 7.30. The highest BCUT2D eigenvalue weighted by Crippen LogP contribution is 2.44. The summed E-state index contributed by atoms with van der Waals surface area (Å²) in [7, 11) is -2.55. The number of thioether (sulfide) groups is 1. The summed E-state index contributed by atoms with van der Waals surface area (Å²) in [4.78, 5) is 12.9. The second-order valence-electron chi connectivity index (χ2n) is 9.97. The maximum Gasteiger partial charge on any atom is 0.261 e. The molecular formula is C26H30ClN5OSSi. The van der Waals surface area contributed by atoms with Crippen LogP contribution in [0.1, 0.15) is 39.0 Å². The van der Waals surface area contributed by atoms with Crippen molar-refractivity contribution in [1.29, 1.82) is 0 Å². The van der Waals surface area contributed by atoms with Gasteiger partial charge in [-0.25, -0.2) is 4.98 Å². The van der Waals surface area contributed by atoms with Crippen molar-refractivity contribution in [3.8, 4) is 0 Å². The summed E-state index contributed by atoms with van der Waals surface area (Å²) in [6.45, 7) is 7.64. The molecule has 0 spiro atoms. The summed E-state index contributed by atoms with van der Waals surface area (Å²) in [6.07, 6.45) is 3.86. The number of imidazole rings is 1. The molecular weight excluding hydrogens is 494 g/mol. The van der Waals surface area contributed by atoms with Gasteiger partial charge in [0.2, 0.25) is 5.28 Å². The van der Waals surface area contributed by atoms with E-state index in [4.69, 9.17) is 21.8 Å². The summed E-state index contributed by atoms with van der Waals surface area (Å²) >= 11 is 7.99. The van der Waals surface area contributed by atoms with E-state index < -0.39 is 8.32 Å². The van der Waals surface area contributed by atoms with E-state index in [1.54, 1.807) is 6.33 Å². The highest BCUT2D eigenvalue weighted by molar-refractivity contribution is 8.00. The Morgan fingerprint density at radius 1 is 1.03 bits per heavy atom. The van der Waals surface area contributed by atoms with Gasteiger partial charge < -0.3 is 14.7 Å². The van der Waals surface area contributed by atoms with Crippen LogP contribution in [0.2, 0.25) is 10.3 Å². The van der Waals surface area contributed by atoms with Gasteiger partial charge in [-0.15, -0.1) is 11.8 Å². The molecule has 0 aliphatic carbocycles. The van der Waals surface area contributed by atoms with E-state index in [1.807, 2.05) is 11.8 Å². The fourth-order valence-corrected chi connectivity index (χ4v) is 11.4. The average molecular weight is 524 g/mol. The summed E-state index contributed by atoms with van der Waals surface area (Å²) in [5, 5.41) is 3.30. The lowest BCUT2D eigenvalue weighted by atomic mass is 10.2. The van der Waals surface area contributed by atoms with E-state index in [0.29, 0.717) is 28.8 Å². The molecule has 2 N–H and O–H groups in total. The molecule has 1 saturated heterocycles. The molecule has 0 bridgehead atoms. The molecule has 2 aromatic carbocycles. The van der Waals surface area contributed by atoms with Crippen LogP contribution >= 0.6 is 23.4 Å². The Kier molecular flexibility index (Phi) is 6.65. The Labute approximate surface area is 216 Å². The van der Waals surface area contributed by atoms with E-state index in [9.17, 15) is 0 Å². The molecule has 3 heterocycles. The van der Waals surface area contributed by atoms with Crippen molar-refractivity contribution in [2.75, 3.05) is 12.3 Å². The Morgan fingerprint density at radius 2 is 1.66 bits per heavy atom. The number of fused-ring (bicyclic) bond motifs is 1. The number of hydrogen-bond acceptors (Lipinski definition) is 6. The van der Waals surface area contributed by atoms with Crippen LogP contribution in [0.15, 0.2) is 67.0 Å². The van der Waals surface area contributed by atoms with Crippen LogP contribution in [0.25, 0.3) is 11.2 Å². The van der Waals surface area contributed by atoms with Crippen LogP contribution in [0.3, 0.4) is 0 Å². The van der Waals surface area contributed by atoms with Gasteiger partial charge in [-0.2, -0.15) is 9.97 Å². The van der Waals surface area contributed by atoms with Crippen molar-refractivity contribution in [3.63, 3.8) is 0 Å². The predicted molar refractivity (Wildman–Crippen MR) is 148 cm³/mol. The topological polar surface area (TPSA) is 78.9 Å². The zero-order valence-corrected chi connectivity index (χ0v) is 22.8. The first-order valence-electron chi connectivity index (χ1n) is 11.9. The number of anilines is 1. The Hall–Kier alpha value is -2.39. The van der Waals surface area contributed by atoms with Crippen LogP contribution < -0.4 is 16.1 Å². The lowest BCUT2D eigenvalue weighted by Crippen LogP contribution is -2.67. The molecule has 0 amide bonds. The van der Waals surface area contributed by atoms with Gasteiger partial charge in [0, 0.05) is 11.9 Å². The van der Waals surface area contributed by atoms with Gasteiger partial charge in [0.25, 0.3) is 8.32 Å². The molecule has 9 heteroatoms. The van der Waals surface area contributed by atoms with Crippen molar-refractivity contribution in [2.24, 2.45) is 0 Å². The van der Waals surface area contributed by atoms with E-state index in [-0.39, 0.29) is 15.7 Å². The number of rotatable bonds is 6. The number of nitrogens with two attached hydrogens (primary N) is 1. The van der Waals surface area contributed by atoms with E-state index in [0.717, 1.165) is 12.8 Å². The lowest BCUT2D eigenvalue weighted by Gasteiger charge is -2.43. The molecule has 1 aliphatic heterocycles. The third-order valence-corrected chi connectivity index (χ3v) is 13.4. The maximum absolute atomic E-state index is 7.17. The normalized spacial score (nSPS) is 18.9. The van der Waals surface area contributed by atoms with E-state index >= 15 is 0 Å². The smallest absolute Gasteiger partial charge is 0.261 e. The molecule has 1 unspecified atom stereocenters. The standard InChI is InChI=1S/C26H30ClN5OSSi/c1-26(2,3)35(19-10-6-4-7-11-19,20-12-8-5-9-13-20)33-16-18-14-15-21(34-18)32-17-29-22-23(28)30-25(27)31-24(22)32/h4-13,17-18,21H,14-16H2,1-3H3,(H2,28,30,31)/t18-,21?/m0/s1. The average Bonchev–Trinajstić information content (AvgIpc) is 3.47. The molecule has 182 valence electrons. The second-order valence-corrected chi connectivity index (χ2v) is 16.1. The Balaban J connectivity index is 1.42. The minimum absolute atomic E-state index is 0.0376. The number of hydrogen-bond donors (Lipinski definition) is 1. The Morgan fingerprint density at radius 3 is 2.26 bits per heavy atom. The van der Waals surface area contributed by atoms with Crippen molar-refractivity contribution >= 4 is 59.0 Å². The number of aromatic nitrogens is 4. The SMILES string of the molecule is CC(C)(C)[Si](OC[C@@H]1CCC(n2cnc3c(N)nc(Cl)nc32)S1)(c1ccccc1)c1ccccc1. The fraction of sp³-hybridized carbons (Fsp3) is 0.346. The summed E-state index contributed by atoms with van der Waals surface area (Å²) < 4.78 is 9.24. The predicted octanol–water partition coefficient (Wildman–Crippen LogP) is 5.03. The van der Waals surface area contributed by atoms with Crippen LogP contribution in [0.4, 0.5) is 5.82 Å². The van der Waals surface area contributed by atoms with Gasteiger partial charge in [0.05, 0.1) is 11.7 Å². The molecule has 1 aliphatic rings. The van der Waals surface area contributed by atoms with Gasteiger partial charge in [0.1, 0.15) is 5.52 Å². The number of nitrogens with zero attached hydrogens (tertiary/aromatic N) is 4. The van der Waals surface area contributed by atoms with Crippen LogP contribution in [0, 0.1) is 0 Å². The largest absolute Gasteiger partial charge is 0.406 e. The van der Waals surface area contributed by atoms with E-state index in [2.05, 4.69) is 101 Å². The summed E-state index contributed by atoms with van der Waals surface area (Å²) in [6, 6.07) is 21.6. The van der Waals surface area contributed by atoms with Crippen molar-refractivity contribution in [1.82, 2.24) is 19.5 Å². The number of benzene rings is 2. The van der Waals surface area contributed by atoms with Gasteiger partial charge >= 0.3 is 0 Å². The van der Waals surface area contributed by atoms with Gasteiger partial charge in [-0.05, 0) is 39.9 Å². The van der Waals surface area contributed by atoms with Crippen LogP contribution in [-0.4, -0.2) is 39.7 Å². The number of nitrogen functional groups attached to an aromatic ring is 1. The first-order chi connectivity index (χ1) is 16.8. The first-order valence-corrected chi connectivity index (χ1v) is 15.1. The van der Waals surface area contributed by atoms with Gasteiger partial charge in [0.15, 0.2) is 11.5 Å². The zero-order chi connectivity index (χ0) is 24.6. The molecule has 35 heavy (non-hydrogen) atoms. The van der Waals surface area contributed by atoms with Crippen LogP contribution in [0.5, 0.6) is 0 Å². The highest BCUT2D eigenvalue weighted by Gasteiger charge is 2.50. The van der Waals surface area contributed by atoms with Gasteiger partial charge in [-0.3, -0.25) is 0 Å². The first kappa shape index (κ1) is 24.3. The second kappa shape index (κ2) is 9.58. The lowest BCUT2D eigenvalue weighted by molar-refractivity contribution is 0.295. The summed E-state index contributed by atoms with van der Waals surface area (Å²) in [5.74, 6) is 0.313. The molecule has 0 saturated carbocycles. The molecule has 5 rings (SSSR count). The van der Waals surface area contributed by atoms with E-state index in [1.165, 1.54) is 10.4 Å². The molecule has 0 radical (unpaired) electrons. The maximum atomic E-state index is 7.17. The molecule has 1 fully saturated rings. The molecule has 2 atom stereocenters. The molecule has 2 aromatic heterocycles. The molecule has 4 aromatic rings. The highest BCUT2D eigenvalue weighted by atomic mass is 35.5.